The Labute approximate surface area is 385 Å². The Balaban J connectivity index is 2.24. The van der Waals surface area contributed by atoms with Crippen molar-refractivity contribution in [3.63, 3.8) is 0 Å². The van der Waals surface area contributed by atoms with Crippen molar-refractivity contribution < 1.29 is 49.0 Å². The van der Waals surface area contributed by atoms with Gasteiger partial charge in [0.05, 0.1) is 13.2 Å². The summed E-state index contributed by atoms with van der Waals surface area (Å²) in [7, 11) is 0. The highest BCUT2D eigenvalue weighted by Gasteiger charge is 2.44. The van der Waals surface area contributed by atoms with Crippen LogP contribution < -0.4 is 0 Å². The second kappa shape index (κ2) is 44.0. The molecule has 4 N–H and O–H groups in total. The lowest BCUT2D eigenvalue weighted by Gasteiger charge is -2.39. The maximum Gasteiger partial charge on any atom is 0.306 e. The van der Waals surface area contributed by atoms with Crippen LogP contribution in [0.5, 0.6) is 0 Å². The third-order valence-electron chi connectivity index (χ3n) is 12.3. The van der Waals surface area contributed by atoms with Crippen LogP contribution in [0.2, 0.25) is 0 Å². The second-order valence-corrected chi connectivity index (χ2v) is 18.3. The van der Waals surface area contributed by atoms with Crippen molar-refractivity contribution in [2.75, 3.05) is 19.8 Å². The summed E-state index contributed by atoms with van der Waals surface area (Å²) in [6.45, 7) is 3.41. The van der Waals surface area contributed by atoms with Crippen LogP contribution in [-0.4, -0.2) is 89.0 Å². The van der Waals surface area contributed by atoms with Crippen molar-refractivity contribution in [2.45, 2.75) is 282 Å². The van der Waals surface area contributed by atoms with Crippen LogP contribution in [0, 0.1) is 0 Å². The molecule has 63 heavy (non-hydrogen) atoms. The monoisotopic (exact) mass is 895 g/mol. The van der Waals surface area contributed by atoms with E-state index in [0.717, 1.165) is 32.1 Å². The number of aliphatic hydroxyl groups is 4. The van der Waals surface area contributed by atoms with Crippen LogP contribution in [0.3, 0.4) is 0 Å². The molecule has 2 unspecified atom stereocenters. The number of carbonyl (C=O) groups is 2. The largest absolute Gasteiger partial charge is 0.462 e. The Kier molecular flexibility index (Phi) is 41.4. The first-order valence-electron chi connectivity index (χ1n) is 26.4. The van der Waals surface area contributed by atoms with Gasteiger partial charge in [-0.05, 0) is 57.8 Å². The van der Waals surface area contributed by atoms with Gasteiger partial charge in [-0.1, -0.05) is 199 Å². The lowest BCUT2D eigenvalue weighted by Crippen LogP contribution is -2.59. The molecular weight excluding hydrogens is 797 g/mol. The fourth-order valence-corrected chi connectivity index (χ4v) is 8.13. The van der Waals surface area contributed by atoms with Crippen molar-refractivity contribution in [1.82, 2.24) is 0 Å². The molecule has 1 aliphatic rings. The fraction of sp³-hybridized carbons (Fsp3) is 0.887. The summed E-state index contributed by atoms with van der Waals surface area (Å²) >= 11 is 0. The summed E-state index contributed by atoms with van der Waals surface area (Å²) in [5.41, 5.74) is 0. The lowest BCUT2D eigenvalue weighted by atomic mass is 9.99. The number of ether oxygens (including phenoxy) is 4. The van der Waals surface area contributed by atoms with Crippen molar-refractivity contribution >= 4 is 11.9 Å². The highest BCUT2D eigenvalue weighted by molar-refractivity contribution is 5.70. The highest BCUT2D eigenvalue weighted by Crippen LogP contribution is 2.23. The summed E-state index contributed by atoms with van der Waals surface area (Å²) in [6.07, 6.45) is 43.5. The van der Waals surface area contributed by atoms with E-state index in [1.165, 1.54) is 173 Å². The molecule has 0 saturated carbocycles. The Bertz CT molecular complexity index is 1080. The van der Waals surface area contributed by atoms with Gasteiger partial charge in [0.15, 0.2) is 12.4 Å². The Morgan fingerprint density at radius 3 is 1.29 bits per heavy atom. The third kappa shape index (κ3) is 35.1. The molecule has 0 aromatic heterocycles. The molecule has 6 atom stereocenters. The zero-order chi connectivity index (χ0) is 45.9. The van der Waals surface area contributed by atoms with Gasteiger partial charge in [0.25, 0.3) is 0 Å². The predicted octanol–water partition coefficient (Wildman–Crippen LogP) is 12.5. The Morgan fingerprint density at radius 2 is 0.857 bits per heavy atom. The Morgan fingerprint density at radius 1 is 0.476 bits per heavy atom. The molecule has 0 spiro atoms. The van der Waals surface area contributed by atoms with E-state index in [0.29, 0.717) is 12.8 Å². The van der Waals surface area contributed by atoms with Gasteiger partial charge in [0.1, 0.15) is 31.0 Å². The molecule has 0 bridgehead atoms. The molecule has 1 rings (SSSR count). The summed E-state index contributed by atoms with van der Waals surface area (Å²) in [4.78, 5) is 25.4. The van der Waals surface area contributed by atoms with Gasteiger partial charge in [-0.15, -0.1) is 0 Å². The van der Waals surface area contributed by atoms with Crippen molar-refractivity contribution in [3.05, 3.63) is 24.3 Å². The number of hydrogen-bond acceptors (Lipinski definition) is 10. The molecule has 370 valence electrons. The van der Waals surface area contributed by atoms with Crippen LogP contribution >= 0.6 is 0 Å². The first kappa shape index (κ1) is 59.2. The van der Waals surface area contributed by atoms with Crippen LogP contribution in [-0.2, 0) is 28.5 Å². The summed E-state index contributed by atoms with van der Waals surface area (Å²) in [5, 5.41) is 40.2. The highest BCUT2D eigenvalue weighted by atomic mass is 16.7. The van der Waals surface area contributed by atoms with Crippen LogP contribution in [0.1, 0.15) is 245 Å². The van der Waals surface area contributed by atoms with E-state index >= 15 is 0 Å². The summed E-state index contributed by atoms with van der Waals surface area (Å²) in [6, 6.07) is 0. The SMILES string of the molecule is CCCCCCCCCCC/C=C/CCCCC(=O)O[C@@H](COC(=O)CCC/C=C/CCCCCCCCCCCCCCCCCCCC)CO[C@H]1O[C@@H](CO)[C@@H](O)C(O)C1O. The van der Waals surface area contributed by atoms with E-state index in [9.17, 15) is 30.0 Å². The van der Waals surface area contributed by atoms with E-state index in [1.807, 2.05) is 0 Å². The molecule has 1 aliphatic heterocycles. The number of allylic oxidation sites excluding steroid dienone is 4. The quantitative estimate of drug-likeness (QED) is 0.0264. The fourth-order valence-electron chi connectivity index (χ4n) is 8.13. The standard InChI is InChI=1S/C53H98O10/c1-3-5-7-9-11-13-15-17-19-20-21-22-23-24-25-26-28-29-31-33-35-37-39-41-48(55)60-44-46(45-61-53-52(59)51(58)50(57)47(43-54)63-53)62-49(56)42-40-38-36-34-32-30-27-18-16-14-12-10-8-6-4-2/h32-35,46-47,50-54,57-59H,3-31,36-45H2,1-2H3/b34-32+,35-33+/t46-,47-,50+,51?,52?,53-/m0/s1. The first-order valence-corrected chi connectivity index (χ1v) is 26.4. The number of rotatable bonds is 45. The molecule has 1 fully saturated rings. The van der Waals surface area contributed by atoms with Crippen LogP contribution in [0.25, 0.3) is 0 Å². The van der Waals surface area contributed by atoms with E-state index in [4.69, 9.17) is 18.9 Å². The van der Waals surface area contributed by atoms with Gasteiger partial charge in [-0.2, -0.15) is 0 Å². The minimum Gasteiger partial charge on any atom is -0.462 e. The molecule has 0 aromatic rings. The topological polar surface area (TPSA) is 152 Å². The molecule has 10 heteroatoms. The van der Waals surface area contributed by atoms with Gasteiger partial charge in [-0.25, -0.2) is 0 Å². The van der Waals surface area contributed by atoms with Crippen molar-refractivity contribution in [1.29, 1.82) is 0 Å². The van der Waals surface area contributed by atoms with E-state index in [2.05, 4.69) is 38.2 Å². The number of unbranched alkanes of at least 4 members (excludes halogenated alkanes) is 30. The van der Waals surface area contributed by atoms with Gasteiger partial charge in [-0.3, -0.25) is 9.59 Å². The Hall–Kier alpha value is -1.82. The van der Waals surface area contributed by atoms with E-state index < -0.39 is 55.4 Å². The summed E-state index contributed by atoms with van der Waals surface area (Å²) in [5.74, 6) is -0.859. The summed E-state index contributed by atoms with van der Waals surface area (Å²) < 4.78 is 22.2. The van der Waals surface area contributed by atoms with Gasteiger partial charge >= 0.3 is 11.9 Å². The average Bonchev–Trinajstić information content (AvgIpc) is 3.28. The van der Waals surface area contributed by atoms with Crippen molar-refractivity contribution in [3.8, 4) is 0 Å². The third-order valence-corrected chi connectivity index (χ3v) is 12.3. The smallest absolute Gasteiger partial charge is 0.306 e. The predicted molar refractivity (Wildman–Crippen MR) is 256 cm³/mol. The number of aliphatic hydroxyl groups excluding tert-OH is 4. The zero-order valence-corrected chi connectivity index (χ0v) is 40.6. The molecule has 0 radical (unpaired) electrons. The average molecular weight is 895 g/mol. The minimum absolute atomic E-state index is 0.197. The molecular formula is C53H98O10. The minimum atomic E-state index is -1.60. The zero-order valence-electron chi connectivity index (χ0n) is 40.6. The molecule has 1 heterocycles. The molecule has 10 nitrogen and oxygen atoms in total. The molecule has 0 aromatic carbocycles. The number of hydrogen-bond donors (Lipinski definition) is 4. The number of esters is 2. The maximum absolute atomic E-state index is 12.8. The van der Waals surface area contributed by atoms with Gasteiger partial charge in [0.2, 0.25) is 0 Å². The maximum atomic E-state index is 12.8. The van der Waals surface area contributed by atoms with Gasteiger partial charge in [0, 0.05) is 12.8 Å². The molecule has 0 amide bonds. The normalized spacial score (nSPS) is 19.6. The van der Waals surface area contributed by atoms with Gasteiger partial charge < -0.3 is 39.4 Å². The first-order chi connectivity index (χ1) is 30.8. The number of carbonyl (C=O) groups excluding carboxylic acids is 2. The van der Waals surface area contributed by atoms with E-state index in [-0.39, 0.29) is 26.1 Å². The van der Waals surface area contributed by atoms with Crippen LogP contribution in [0.15, 0.2) is 24.3 Å². The molecule has 0 aliphatic carbocycles. The lowest BCUT2D eigenvalue weighted by molar-refractivity contribution is -0.305. The molecule has 1 saturated heterocycles. The van der Waals surface area contributed by atoms with Crippen LogP contribution in [0.4, 0.5) is 0 Å². The second-order valence-electron chi connectivity index (χ2n) is 18.3. The van der Waals surface area contributed by atoms with E-state index in [1.54, 1.807) is 0 Å². The van der Waals surface area contributed by atoms with Crippen molar-refractivity contribution in [2.24, 2.45) is 0 Å².